The molecule has 0 amide bonds. The van der Waals surface area contributed by atoms with Gasteiger partial charge >= 0.3 is 0 Å². The fourth-order valence-electron chi connectivity index (χ4n) is 2.10. The lowest BCUT2D eigenvalue weighted by molar-refractivity contribution is 0.111. The number of benzene rings is 1. The fraction of sp³-hybridized carbons (Fsp3) is 0.143. The van der Waals surface area contributed by atoms with Crippen molar-refractivity contribution in [2.75, 3.05) is 12.0 Å². The molecule has 1 aromatic carbocycles. The highest BCUT2D eigenvalue weighted by atomic mass is 16.5. The molecule has 2 heterocycles. The second-order valence-corrected chi connectivity index (χ2v) is 4.01. The summed E-state index contributed by atoms with van der Waals surface area (Å²) in [5.41, 5.74) is 2.97. The molecule has 1 atom stereocenters. The van der Waals surface area contributed by atoms with E-state index in [9.17, 15) is 0 Å². The number of rotatable bonds is 2. The van der Waals surface area contributed by atoms with Crippen molar-refractivity contribution in [2.45, 2.75) is 6.23 Å². The number of para-hydroxylation sites is 1. The Hall–Kier alpha value is -2.20. The number of aromatic nitrogens is 1. The number of hydrogen-bond acceptors (Lipinski definition) is 4. The first-order valence-corrected chi connectivity index (χ1v) is 5.74. The summed E-state index contributed by atoms with van der Waals surface area (Å²) in [6.07, 6.45) is 5.17. The van der Waals surface area contributed by atoms with Gasteiger partial charge in [-0.3, -0.25) is 4.98 Å². The maximum Gasteiger partial charge on any atom is 0.163 e. The van der Waals surface area contributed by atoms with E-state index >= 15 is 0 Å². The van der Waals surface area contributed by atoms with Crippen molar-refractivity contribution in [1.82, 2.24) is 4.98 Å². The summed E-state index contributed by atoms with van der Waals surface area (Å²) in [6, 6.07) is 11.9. The molecule has 2 aromatic rings. The second-order valence-electron chi connectivity index (χ2n) is 4.01. The van der Waals surface area contributed by atoms with Gasteiger partial charge in [0.25, 0.3) is 0 Å². The van der Waals surface area contributed by atoms with Crippen LogP contribution in [0.2, 0.25) is 0 Å². The maximum absolute atomic E-state index is 5.59. The summed E-state index contributed by atoms with van der Waals surface area (Å²) in [4.78, 5) is 10.5. The Morgan fingerprint density at radius 1 is 1.17 bits per heavy atom. The van der Waals surface area contributed by atoms with Gasteiger partial charge in [-0.25, -0.2) is 4.99 Å². The zero-order chi connectivity index (χ0) is 12.4. The van der Waals surface area contributed by atoms with Crippen molar-refractivity contribution in [2.24, 2.45) is 4.99 Å². The molecule has 0 aliphatic carbocycles. The van der Waals surface area contributed by atoms with E-state index in [0.29, 0.717) is 0 Å². The topological polar surface area (TPSA) is 37.7 Å². The smallest absolute Gasteiger partial charge is 0.163 e. The monoisotopic (exact) mass is 239 g/mol. The standard InChI is InChI=1S/C14H13N3O/c1-18-14-12-6-2-3-7-13(12)16-10-17(14)11-5-4-8-15-9-11/h2-10,14H,1H3. The van der Waals surface area contributed by atoms with E-state index in [1.165, 1.54) is 0 Å². The van der Waals surface area contributed by atoms with E-state index in [4.69, 9.17) is 4.74 Å². The average molecular weight is 239 g/mol. The number of methoxy groups -OCH3 is 1. The minimum absolute atomic E-state index is 0.164. The van der Waals surface area contributed by atoms with Gasteiger partial charge < -0.3 is 9.64 Å². The highest BCUT2D eigenvalue weighted by molar-refractivity contribution is 5.84. The summed E-state index contributed by atoms with van der Waals surface area (Å²) in [7, 11) is 1.70. The highest BCUT2D eigenvalue weighted by Crippen LogP contribution is 2.35. The van der Waals surface area contributed by atoms with Gasteiger partial charge in [-0.2, -0.15) is 0 Å². The molecular formula is C14H13N3O. The van der Waals surface area contributed by atoms with Crippen molar-refractivity contribution >= 4 is 17.7 Å². The van der Waals surface area contributed by atoms with E-state index in [1.54, 1.807) is 25.8 Å². The number of hydrogen-bond donors (Lipinski definition) is 0. The molecule has 0 saturated heterocycles. The van der Waals surface area contributed by atoms with Gasteiger partial charge in [0.05, 0.1) is 23.9 Å². The van der Waals surface area contributed by atoms with Gasteiger partial charge in [-0.1, -0.05) is 18.2 Å². The molecule has 1 aromatic heterocycles. The van der Waals surface area contributed by atoms with Crippen LogP contribution in [0.4, 0.5) is 11.4 Å². The van der Waals surface area contributed by atoms with Gasteiger partial charge in [0.15, 0.2) is 6.23 Å². The SMILES string of the molecule is COC1c2ccccc2N=CN1c1cccnc1. The van der Waals surface area contributed by atoms with Crippen LogP contribution in [0.15, 0.2) is 53.8 Å². The van der Waals surface area contributed by atoms with Gasteiger partial charge in [-0.15, -0.1) is 0 Å². The highest BCUT2D eigenvalue weighted by Gasteiger charge is 2.25. The van der Waals surface area contributed by atoms with Gasteiger partial charge in [-0.05, 0) is 18.2 Å². The number of nitrogens with zero attached hydrogens (tertiary/aromatic N) is 3. The summed E-state index contributed by atoms with van der Waals surface area (Å²) < 4.78 is 5.59. The molecule has 4 heteroatoms. The van der Waals surface area contributed by atoms with E-state index in [2.05, 4.69) is 9.98 Å². The fourth-order valence-corrected chi connectivity index (χ4v) is 2.10. The third kappa shape index (κ3) is 1.76. The van der Waals surface area contributed by atoms with E-state index < -0.39 is 0 Å². The molecular weight excluding hydrogens is 226 g/mol. The molecule has 4 nitrogen and oxygen atoms in total. The summed E-state index contributed by atoms with van der Waals surface area (Å²) in [6.45, 7) is 0. The molecule has 0 bridgehead atoms. The molecule has 90 valence electrons. The third-order valence-electron chi connectivity index (χ3n) is 2.94. The second kappa shape index (κ2) is 4.58. The molecule has 0 N–H and O–H groups in total. The van der Waals surface area contributed by atoms with Crippen LogP contribution in [0.5, 0.6) is 0 Å². The number of fused-ring (bicyclic) bond motifs is 1. The number of pyridine rings is 1. The van der Waals surface area contributed by atoms with Crippen LogP contribution < -0.4 is 4.90 Å². The zero-order valence-electron chi connectivity index (χ0n) is 10.0. The third-order valence-corrected chi connectivity index (χ3v) is 2.94. The van der Waals surface area contributed by atoms with Crippen molar-refractivity contribution in [3.8, 4) is 0 Å². The van der Waals surface area contributed by atoms with Crippen molar-refractivity contribution in [3.05, 3.63) is 54.4 Å². The molecule has 18 heavy (non-hydrogen) atoms. The Morgan fingerprint density at radius 2 is 2.06 bits per heavy atom. The van der Waals surface area contributed by atoms with E-state index in [1.807, 2.05) is 41.3 Å². The molecule has 0 radical (unpaired) electrons. The van der Waals surface area contributed by atoms with Crippen molar-refractivity contribution in [3.63, 3.8) is 0 Å². The number of aliphatic imine (C=N–C) groups is 1. The minimum atomic E-state index is -0.164. The Balaban J connectivity index is 2.05. The number of anilines is 1. The molecule has 0 fully saturated rings. The minimum Gasteiger partial charge on any atom is -0.357 e. The van der Waals surface area contributed by atoms with Crippen LogP contribution in [0.3, 0.4) is 0 Å². The predicted molar refractivity (Wildman–Crippen MR) is 71.1 cm³/mol. The van der Waals surface area contributed by atoms with Crippen molar-refractivity contribution in [1.29, 1.82) is 0 Å². The van der Waals surface area contributed by atoms with Crippen LogP contribution in [-0.2, 0) is 4.74 Å². The first-order valence-electron chi connectivity index (χ1n) is 5.74. The van der Waals surface area contributed by atoms with E-state index in [-0.39, 0.29) is 6.23 Å². The average Bonchev–Trinajstić information content (AvgIpc) is 2.47. The van der Waals surface area contributed by atoms with Crippen LogP contribution in [0.1, 0.15) is 11.8 Å². The van der Waals surface area contributed by atoms with Crippen molar-refractivity contribution < 1.29 is 4.74 Å². The summed E-state index contributed by atoms with van der Waals surface area (Å²) in [5, 5.41) is 0. The van der Waals surface area contributed by atoms with Crippen LogP contribution in [0, 0.1) is 0 Å². The van der Waals surface area contributed by atoms with Crippen LogP contribution in [0.25, 0.3) is 0 Å². The van der Waals surface area contributed by atoms with E-state index in [0.717, 1.165) is 16.9 Å². The Morgan fingerprint density at radius 3 is 2.83 bits per heavy atom. The normalized spacial score (nSPS) is 17.6. The molecule has 3 rings (SSSR count). The summed E-state index contributed by atoms with van der Waals surface area (Å²) >= 11 is 0. The van der Waals surface area contributed by atoms with Crippen LogP contribution >= 0.6 is 0 Å². The largest absolute Gasteiger partial charge is 0.357 e. The van der Waals surface area contributed by atoms with Crippen LogP contribution in [-0.4, -0.2) is 18.4 Å². The molecule has 0 saturated carbocycles. The van der Waals surface area contributed by atoms with Gasteiger partial charge in [0.1, 0.15) is 0 Å². The van der Waals surface area contributed by atoms with Gasteiger partial charge in [0.2, 0.25) is 0 Å². The summed E-state index contributed by atoms with van der Waals surface area (Å²) in [5.74, 6) is 0. The lowest BCUT2D eigenvalue weighted by Crippen LogP contribution is -2.30. The first-order chi connectivity index (χ1) is 8.90. The Labute approximate surface area is 106 Å². The number of ether oxygens (including phenoxy) is 1. The lowest BCUT2D eigenvalue weighted by atomic mass is 10.1. The quantitative estimate of drug-likeness (QED) is 0.808. The zero-order valence-corrected chi connectivity index (χ0v) is 10.0. The Bertz CT molecular complexity index is 568. The van der Waals surface area contributed by atoms with Gasteiger partial charge in [0, 0.05) is 18.9 Å². The first kappa shape index (κ1) is 10.9. The lowest BCUT2D eigenvalue weighted by Gasteiger charge is -2.32. The molecule has 1 aliphatic rings. The predicted octanol–water partition coefficient (Wildman–Crippen LogP) is 2.91. The Kier molecular flexibility index (Phi) is 2.78. The molecule has 1 aliphatic heterocycles. The maximum atomic E-state index is 5.59. The molecule has 1 unspecified atom stereocenters. The molecule has 0 spiro atoms.